The summed E-state index contributed by atoms with van der Waals surface area (Å²) in [5, 5.41) is 11.2. The van der Waals surface area contributed by atoms with Gasteiger partial charge in [-0.1, -0.05) is 30.3 Å². The van der Waals surface area contributed by atoms with Gasteiger partial charge in [0.2, 0.25) is 0 Å². The van der Waals surface area contributed by atoms with Crippen molar-refractivity contribution in [2.24, 2.45) is 0 Å². The summed E-state index contributed by atoms with van der Waals surface area (Å²) < 4.78 is 11.1. The topological polar surface area (TPSA) is 79.3 Å². The zero-order valence-electron chi connectivity index (χ0n) is 19.8. The van der Waals surface area contributed by atoms with Gasteiger partial charge >= 0.3 is 0 Å². The second-order valence-corrected chi connectivity index (χ2v) is 8.90. The van der Waals surface area contributed by atoms with Crippen molar-refractivity contribution in [1.29, 1.82) is 0 Å². The first-order valence-corrected chi connectivity index (χ1v) is 11.9. The minimum absolute atomic E-state index is 0.0281. The molecular formula is C27H32N2O5. The maximum atomic E-state index is 13.1. The predicted molar refractivity (Wildman–Crippen MR) is 130 cm³/mol. The molecule has 0 unspecified atom stereocenters. The summed E-state index contributed by atoms with van der Waals surface area (Å²) in [7, 11) is 0. The zero-order chi connectivity index (χ0) is 24.1. The third-order valence-electron chi connectivity index (χ3n) is 6.13. The highest BCUT2D eigenvalue weighted by Crippen LogP contribution is 2.39. The Bertz CT molecular complexity index is 1030. The largest absolute Gasteiger partial charge is 0.507 e. The summed E-state index contributed by atoms with van der Waals surface area (Å²) >= 11 is 0. The average Bonchev–Trinajstić information content (AvgIpc) is 3.10. The van der Waals surface area contributed by atoms with Crippen LogP contribution in [0.3, 0.4) is 0 Å². The first kappa shape index (κ1) is 24.0. The molecule has 2 aliphatic rings. The summed E-state index contributed by atoms with van der Waals surface area (Å²) in [6, 6.07) is 15.7. The van der Waals surface area contributed by atoms with E-state index in [0.29, 0.717) is 17.9 Å². The van der Waals surface area contributed by atoms with Crippen LogP contribution in [0, 0.1) is 0 Å². The number of carbonyl (C=O) groups excluding carboxylic acids is 2. The molecule has 1 N–H and O–H groups in total. The van der Waals surface area contributed by atoms with Gasteiger partial charge in [-0.15, -0.1) is 0 Å². The minimum atomic E-state index is -0.653. The van der Waals surface area contributed by atoms with E-state index in [9.17, 15) is 14.7 Å². The van der Waals surface area contributed by atoms with Crippen molar-refractivity contribution < 1.29 is 24.2 Å². The van der Waals surface area contributed by atoms with Crippen LogP contribution in [-0.4, -0.2) is 72.1 Å². The average molecular weight is 465 g/mol. The van der Waals surface area contributed by atoms with Crippen LogP contribution in [-0.2, 0) is 14.3 Å². The molecule has 1 atom stereocenters. The second kappa shape index (κ2) is 10.8. The lowest BCUT2D eigenvalue weighted by Crippen LogP contribution is -2.38. The van der Waals surface area contributed by atoms with Crippen molar-refractivity contribution in [2.75, 3.05) is 39.4 Å². The van der Waals surface area contributed by atoms with E-state index in [1.807, 2.05) is 44.2 Å². The molecule has 0 radical (unpaired) electrons. The number of hydrogen-bond acceptors (Lipinski definition) is 6. The fourth-order valence-corrected chi connectivity index (χ4v) is 4.50. The van der Waals surface area contributed by atoms with Gasteiger partial charge in [0, 0.05) is 31.7 Å². The number of likely N-dealkylation sites (tertiary alicyclic amines) is 1. The van der Waals surface area contributed by atoms with Gasteiger partial charge in [0.25, 0.3) is 11.7 Å². The van der Waals surface area contributed by atoms with Gasteiger partial charge in [-0.3, -0.25) is 14.5 Å². The van der Waals surface area contributed by atoms with Gasteiger partial charge in [-0.25, -0.2) is 0 Å². The SMILES string of the molecule is CC(C)Oc1ccc(/C(O)=C2\C(=O)C(=O)N(CCCN3CCOCC3)[C@@H]2c2ccccc2)cc1. The van der Waals surface area contributed by atoms with Crippen molar-refractivity contribution in [3.05, 3.63) is 71.3 Å². The number of hydrogen-bond donors (Lipinski definition) is 1. The molecule has 0 aromatic heterocycles. The number of aliphatic hydroxyl groups excluding tert-OH is 1. The molecule has 0 bridgehead atoms. The van der Waals surface area contributed by atoms with Crippen molar-refractivity contribution in [3.8, 4) is 5.75 Å². The van der Waals surface area contributed by atoms with Crippen LogP contribution in [0.1, 0.15) is 37.4 Å². The number of rotatable bonds is 8. The normalized spacial score (nSPS) is 20.8. The first-order valence-electron chi connectivity index (χ1n) is 11.9. The van der Waals surface area contributed by atoms with Crippen molar-refractivity contribution in [3.63, 3.8) is 0 Å². The van der Waals surface area contributed by atoms with E-state index in [1.54, 1.807) is 29.2 Å². The third-order valence-corrected chi connectivity index (χ3v) is 6.13. The molecule has 7 heteroatoms. The number of amides is 1. The highest BCUT2D eigenvalue weighted by atomic mass is 16.5. The Kier molecular flexibility index (Phi) is 7.65. The molecule has 2 fully saturated rings. The van der Waals surface area contributed by atoms with Crippen LogP contribution >= 0.6 is 0 Å². The van der Waals surface area contributed by atoms with Gasteiger partial charge in [0.15, 0.2) is 0 Å². The van der Waals surface area contributed by atoms with E-state index in [4.69, 9.17) is 9.47 Å². The van der Waals surface area contributed by atoms with Crippen molar-refractivity contribution in [1.82, 2.24) is 9.80 Å². The number of nitrogens with zero attached hydrogens (tertiary/aromatic N) is 2. The Balaban J connectivity index is 1.62. The second-order valence-electron chi connectivity index (χ2n) is 8.90. The summed E-state index contributed by atoms with van der Waals surface area (Å²) in [4.78, 5) is 30.1. The van der Waals surface area contributed by atoms with Crippen LogP contribution in [0.4, 0.5) is 0 Å². The fourth-order valence-electron chi connectivity index (χ4n) is 4.50. The van der Waals surface area contributed by atoms with Gasteiger partial charge in [-0.2, -0.15) is 0 Å². The number of ether oxygens (including phenoxy) is 2. The molecule has 0 saturated carbocycles. The van der Waals surface area contributed by atoms with Crippen molar-refractivity contribution >= 4 is 17.4 Å². The molecule has 2 aliphatic heterocycles. The Hall–Kier alpha value is -3.16. The Labute approximate surface area is 200 Å². The maximum Gasteiger partial charge on any atom is 0.295 e. The fraction of sp³-hybridized carbons (Fsp3) is 0.407. The van der Waals surface area contributed by atoms with E-state index in [-0.39, 0.29) is 17.4 Å². The van der Waals surface area contributed by atoms with Gasteiger partial charge in [0.1, 0.15) is 11.5 Å². The number of morpholine rings is 1. The lowest BCUT2D eigenvalue weighted by molar-refractivity contribution is -0.140. The summed E-state index contributed by atoms with van der Waals surface area (Å²) in [6.07, 6.45) is 0.762. The summed E-state index contributed by atoms with van der Waals surface area (Å²) in [5.41, 5.74) is 1.40. The number of carbonyl (C=O) groups is 2. The van der Waals surface area contributed by atoms with E-state index in [2.05, 4.69) is 4.90 Å². The zero-order valence-corrected chi connectivity index (χ0v) is 19.8. The molecule has 4 rings (SSSR count). The first-order chi connectivity index (χ1) is 16.5. The van der Waals surface area contributed by atoms with Crippen LogP contribution in [0.15, 0.2) is 60.2 Å². The Morgan fingerprint density at radius 1 is 1.03 bits per heavy atom. The number of Topliss-reactive ketones (excluding diaryl/α,β-unsaturated/α-hetero) is 1. The molecule has 2 aromatic rings. The number of ketones is 1. The minimum Gasteiger partial charge on any atom is -0.507 e. The predicted octanol–water partition coefficient (Wildman–Crippen LogP) is 3.62. The van der Waals surface area contributed by atoms with Crippen LogP contribution in [0.5, 0.6) is 5.75 Å². The molecule has 2 heterocycles. The van der Waals surface area contributed by atoms with Gasteiger partial charge < -0.3 is 19.5 Å². The van der Waals surface area contributed by atoms with Gasteiger partial charge in [0.05, 0.1) is 30.9 Å². The van der Waals surface area contributed by atoms with Gasteiger partial charge in [-0.05, 0) is 50.1 Å². The third kappa shape index (κ3) is 5.32. The maximum absolute atomic E-state index is 13.1. The van der Waals surface area contributed by atoms with E-state index >= 15 is 0 Å². The van der Waals surface area contributed by atoms with E-state index in [0.717, 1.165) is 44.8 Å². The highest BCUT2D eigenvalue weighted by Gasteiger charge is 2.45. The standard InChI is InChI=1S/C27H32N2O5/c1-19(2)34-22-11-9-21(10-12-22)25(30)23-24(20-7-4-3-5-8-20)29(27(32)26(23)31)14-6-13-28-15-17-33-18-16-28/h3-5,7-12,19,24,30H,6,13-18H2,1-2H3/b25-23+/t24-/m1/s1. The molecule has 1 amide bonds. The van der Waals surface area contributed by atoms with E-state index < -0.39 is 17.7 Å². The Morgan fingerprint density at radius 3 is 2.35 bits per heavy atom. The quantitative estimate of drug-likeness (QED) is 0.365. The molecular weight excluding hydrogens is 432 g/mol. The molecule has 0 aliphatic carbocycles. The molecule has 34 heavy (non-hydrogen) atoms. The van der Waals surface area contributed by atoms with Crippen molar-refractivity contribution in [2.45, 2.75) is 32.4 Å². The number of aliphatic hydroxyl groups is 1. The highest BCUT2D eigenvalue weighted by molar-refractivity contribution is 6.46. The lowest BCUT2D eigenvalue weighted by Gasteiger charge is -2.29. The lowest BCUT2D eigenvalue weighted by atomic mass is 9.95. The molecule has 7 nitrogen and oxygen atoms in total. The molecule has 0 spiro atoms. The molecule has 180 valence electrons. The summed E-state index contributed by atoms with van der Waals surface area (Å²) in [6.45, 7) is 8.31. The molecule has 2 aromatic carbocycles. The van der Waals surface area contributed by atoms with Crippen LogP contribution < -0.4 is 4.74 Å². The monoisotopic (exact) mass is 464 g/mol. The van der Waals surface area contributed by atoms with Crippen LogP contribution in [0.2, 0.25) is 0 Å². The number of benzene rings is 2. The Morgan fingerprint density at radius 2 is 1.71 bits per heavy atom. The summed E-state index contributed by atoms with van der Waals surface area (Å²) in [5.74, 6) is -0.717. The van der Waals surface area contributed by atoms with Crippen LogP contribution in [0.25, 0.3) is 5.76 Å². The smallest absolute Gasteiger partial charge is 0.295 e. The van der Waals surface area contributed by atoms with E-state index in [1.165, 1.54) is 0 Å². The molecule has 2 saturated heterocycles.